The molecule has 0 unspecified atom stereocenters. The van der Waals surface area contributed by atoms with Crippen molar-refractivity contribution >= 4 is 11.4 Å². The fourth-order valence-corrected chi connectivity index (χ4v) is 2.46. The lowest BCUT2D eigenvalue weighted by Gasteiger charge is -2.34. The van der Waals surface area contributed by atoms with Crippen LogP contribution >= 0.6 is 0 Å². The van der Waals surface area contributed by atoms with Gasteiger partial charge < -0.3 is 10.5 Å². The van der Waals surface area contributed by atoms with Gasteiger partial charge in [0.15, 0.2) is 0 Å². The normalized spacial score (nSPS) is 19.1. The summed E-state index contributed by atoms with van der Waals surface area (Å²) in [6.45, 7) is 4.52. The lowest BCUT2D eigenvalue weighted by atomic mass is 9.76. The molecule has 5 heteroatoms. The predicted octanol–water partition coefficient (Wildman–Crippen LogP) is 3.52. The smallest absolute Gasteiger partial charge is 0.275 e. The van der Waals surface area contributed by atoms with Gasteiger partial charge in [-0.15, -0.1) is 0 Å². The number of non-ortho nitro benzene ring substituents is 1. The molecule has 1 aromatic carbocycles. The molecule has 0 aliphatic heterocycles. The van der Waals surface area contributed by atoms with Crippen LogP contribution in [-0.2, 0) is 0 Å². The monoisotopic (exact) mass is 264 g/mol. The quantitative estimate of drug-likeness (QED) is 0.514. The van der Waals surface area contributed by atoms with Crippen molar-refractivity contribution < 1.29 is 9.66 Å². The van der Waals surface area contributed by atoms with E-state index in [-0.39, 0.29) is 11.8 Å². The van der Waals surface area contributed by atoms with Gasteiger partial charge in [-0.2, -0.15) is 0 Å². The van der Waals surface area contributed by atoms with Gasteiger partial charge in [0.1, 0.15) is 5.75 Å². The average Bonchev–Trinajstić information content (AvgIpc) is 2.31. The van der Waals surface area contributed by atoms with Crippen molar-refractivity contribution in [3.8, 4) is 5.75 Å². The number of benzene rings is 1. The molecular formula is C14H20N2O3. The molecule has 0 aromatic heterocycles. The Morgan fingerprint density at radius 3 is 2.53 bits per heavy atom. The van der Waals surface area contributed by atoms with E-state index in [9.17, 15) is 10.1 Å². The third-order valence-electron chi connectivity index (χ3n) is 3.71. The summed E-state index contributed by atoms with van der Waals surface area (Å²) in [7, 11) is 0. The molecule has 1 aliphatic rings. The summed E-state index contributed by atoms with van der Waals surface area (Å²) in [4.78, 5) is 10.3. The van der Waals surface area contributed by atoms with Crippen LogP contribution in [0.15, 0.2) is 18.2 Å². The van der Waals surface area contributed by atoms with Gasteiger partial charge in [0.2, 0.25) is 0 Å². The summed E-state index contributed by atoms with van der Waals surface area (Å²) in [6.07, 6.45) is 4.32. The number of hydrogen-bond donors (Lipinski definition) is 1. The fraction of sp³-hybridized carbons (Fsp3) is 0.571. The standard InChI is InChI=1S/C14H20N2O3/c1-14(2)5-3-12(4-6-14)19-13-8-10(15)7-11(9-13)16(17)18/h7-9,12H,3-6,15H2,1-2H3. The van der Waals surface area contributed by atoms with Crippen LogP contribution in [0.4, 0.5) is 11.4 Å². The molecule has 1 aliphatic carbocycles. The van der Waals surface area contributed by atoms with Crippen LogP contribution in [0.5, 0.6) is 5.75 Å². The van der Waals surface area contributed by atoms with Gasteiger partial charge in [0, 0.05) is 17.8 Å². The van der Waals surface area contributed by atoms with E-state index in [1.165, 1.54) is 12.1 Å². The lowest BCUT2D eigenvalue weighted by Crippen LogP contribution is -2.28. The van der Waals surface area contributed by atoms with E-state index in [1.807, 2.05) is 0 Å². The first-order valence-corrected chi connectivity index (χ1v) is 6.57. The minimum absolute atomic E-state index is 0.0221. The van der Waals surface area contributed by atoms with Gasteiger partial charge in [-0.1, -0.05) is 13.8 Å². The summed E-state index contributed by atoms with van der Waals surface area (Å²) in [5.41, 5.74) is 6.38. The molecule has 0 heterocycles. The largest absolute Gasteiger partial charge is 0.490 e. The Kier molecular flexibility index (Phi) is 3.64. The van der Waals surface area contributed by atoms with Crippen molar-refractivity contribution in [2.75, 3.05) is 5.73 Å². The van der Waals surface area contributed by atoms with Gasteiger partial charge in [-0.3, -0.25) is 10.1 Å². The number of nitrogen functional groups attached to an aromatic ring is 1. The molecule has 0 spiro atoms. The topological polar surface area (TPSA) is 78.4 Å². The number of nitrogens with zero attached hydrogens (tertiary/aromatic N) is 1. The molecule has 1 aromatic rings. The minimum Gasteiger partial charge on any atom is -0.490 e. The molecule has 0 bridgehead atoms. The van der Waals surface area contributed by atoms with E-state index in [0.29, 0.717) is 16.9 Å². The number of nitro groups is 1. The van der Waals surface area contributed by atoms with Crippen LogP contribution in [0.3, 0.4) is 0 Å². The maximum atomic E-state index is 10.8. The molecule has 1 saturated carbocycles. The van der Waals surface area contributed by atoms with Crippen molar-refractivity contribution in [2.24, 2.45) is 5.41 Å². The molecule has 2 N–H and O–H groups in total. The molecule has 19 heavy (non-hydrogen) atoms. The minimum atomic E-state index is -0.451. The zero-order chi connectivity index (χ0) is 14.0. The van der Waals surface area contributed by atoms with Gasteiger partial charge in [0.05, 0.1) is 17.1 Å². The van der Waals surface area contributed by atoms with Crippen LogP contribution in [0.2, 0.25) is 0 Å². The highest BCUT2D eigenvalue weighted by molar-refractivity contribution is 5.53. The van der Waals surface area contributed by atoms with E-state index in [4.69, 9.17) is 10.5 Å². The SMILES string of the molecule is CC1(C)CCC(Oc2cc(N)cc([N+](=O)[O-])c2)CC1. The molecule has 2 rings (SSSR count). The van der Waals surface area contributed by atoms with E-state index >= 15 is 0 Å². The Labute approximate surface area is 112 Å². The highest BCUT2D eigenvalue weighted by Crippen LogP contribution is 2.37. The number of rotatable bonds is 3. The number of anilines is 1. The maximum absolute atomic E-state index is 10.8. The fourth-order valence-electron chi connectivity index (χ4n) is 2.46. The van der Waals surface area contributed by atoms with Crippen molar-refractivity contribution in [2.45, 2.75) is 45.6 Å². The Hall–Kier alpha value is -1.78. The van der Waals surface area contributed by atoms with Crippen molar-refractivity contribution in [1.82, 2.24) is 0 Å². The summed E-state index contributed by atoms with van der Waals surface area (Å²) in [5, 5.41) is 10.8. The molecule has 0 saturated heterocycles. The highest BCUT2D eigenvalue weighted by atomic mass is 16.6. The third kappa shape index (κ3) is 3.59. The molecule has 104 valence electrons. The van der Waals surface area contributed by atoms with Crippen LogP contribution in [0, 0.1) is 15.5 Å². The van der Waals surface area contributed by atoms with E-state index in [2.05, 4.69) is 13.8 Å². The van der Waals surface area contributed by atoms with Crippen LogP contribution < -0.4 is 10.5 Å². The number of nitrogens with two attached hydrogens (primary N) is 1. The van der Waals surface area contributed by atoms with Gasteiger partial charge in [0.25, 0.3) is 5.69 Å². The van der Waals surface area contributed by atoms with Gasteiger partial charge in [-0.25, -0.2) is 0 Å². The molecule has 1 fully saturated rings. The predicted molar refractivity (Wildman–Crippen MR) is 74.2 cm³/mol. The van der Waals surface area contributed by atoms with Crippen molar-refractivity contribution in [1.29, 1.82) is 0 Å². The third-order valence-corrected chi connectivity index (χ3v) is 3.71. The van der Waals surface area contributed by atoms with Crippen LogP contribution in [-0.4, -0.2) is 11.0 Å². The summed E-state index contributed by atoms with van der Waals surface area (Å²) < 4.78 is 5.84. The molecule has 0 amide bonds. The van der Waals surface area contributed by atoms with Crippen LogP contribution in [0.25, 0.3) is 0 Å². The molecule has 5 nitrogen and oxygen atoms in total. The van der Waals surface area contributed by atoms with Crippen molar-refractivity contribution in [3.63, 3.8) is 0 Å². The van der Waals surface area contributed by atoms with Crippen LogP contribution in [0.1, 0.15) is 39.5 Å². The van der Waals surface area contributed by atoms with Crippen molar-refractivity contribution in [3.05, 3.63) is 28.3 Å². The first-order chi connectivity index (χ1) is 8.85. The van der Waals surface area contributed by atoms with Gasteiger partial charge in [-0.05, 0) is 31.1 Å². The Morgan fingerprint density at radius 2 is 1.95 bits per heavy atom. The van der Waals surface area contributed by atoms with E-state index in [1.54, 1.807) is 6.07 Å². The molecule has 0 atom stereocenters. The maximum Gasteiger partial charge on any atom is 0.275 e. The Bertz CT molecular complexity index is 476. The average molecular weight is 264 g/mol. The first-order valence-electron chi connectivity index (χ1n) is 6.57. The number of nitro benzene ring substituents is 1. The second kappa shape index (κ2) is 5.07. The summed E-state index contributed by atoms with van der Waals surface area (Å²) >= 11 is 0. The highest BCUT2D eigenvalue weighted by Gasteiger charge is 2.28. The summed E-state index contributed by atoms with van der Waals surface area (Å²) in [5.74, 6) is 0.497. The van der Waals surface area contributed by atoms with E-state index < -0.39 is 4.92 Å². The summed E-state index contributed by atoms with van der Waals surface area (Å²) in [6, 6.07) is 4.43. The lowest BCUT2D eigenvalue weighted by molar-refractivity contribution is -0.384. The number of hydrogen-bond acceptors (Lipinski definition) is 4. The second-order valence-electron chi connectivity index (χ2n) is 6.00. The van der Waals surface area contributed by atoms with E-state index in [0.717, 1.165) is 25.7 Å². The zero-order valence-corrected chi connectivity index (χ0v) is 11.4. The molecule has 0 radical (unpaired) electrons. The zero-order valence-electron chi connectivity index (χ0n) is 11.4. The Morgan fingerprint density at radius 1 is 1.32 bits per heavy atom. The Balaban J connectivity index is 2.05. The van der Waals surface area contributed by atoms with Gasteiger partial charge >= 0.3 is 0 Å². The first kappa shape index (κ1) is 13.6. The number of ether oxygens (including phenoxy) is 1. The second-order valence-corrected chi connectivity index (χ2v) is 6.00. The molecular weight excluding hydrogens is 244 g/mol.